The lowest BCUT2D eigenvalue weighted by molar-refractivity contribution is 0.587. The van der Waals surface area contributed by atoms with Crippen LogP contribution < -0.4 is 5.32 Å². The Labute approximate surface area is 125 Å². The van der Waals surface area contributed by atoms with Gasteiger partial charge in [0.1, 0.15) is 11.6 Å². The molecule has 0 radical (unpaired) electrons. The van der Waals surface area contributed by atoms with E-state index in [0.29, 0.717) is 12.1 Å². The summed E-state index contributed by atoms with van der Waals surface area (Å²) in [5.41, 5.74) is 4.00. The van der Waals surface area contributed by atoms with E-state index in [2.05, 4.69) is 12.2 Å². The molecular formula is C18H21F2N. The van der Waals surface area contributed by atoms with Crippen LogP contribution in [0.2, 0.25) is 0 Å². The molecule has 0 aromatic heterocycles. The second kappa shape index (κ2) is 6.81. The van der Waals surface area contributed by atoms with E-state index in [4.69, 9.17) is 0 Å². The van der Waals surface area contributed by atoms with Crippen molar-refractivity contribution in [3.8, 4) is 11.1 Å². The van der Waals surface area contributed by atoms with E-state index in [0.717, 1.165) is 35.2 Å². The zero-order chi connectivity index (χ0) is 15.4. The average molecular weight is 289 g/mol. The molecule has 0 aliphatic rings. The molecule has 0 aliphatic carbocycles. The molecule has 0 unspecified atom stereocenters. The third-order valence-electron chi connectivity index (χ3n) is 3.58. The lowest BCUT2D eigenvalue weighted by Gasteiger charge is -2.12. The quantitative estimate of drug-likeness (QED) is 0.783. The van der Waals surface area contributed by atoms with Gasteiger partial charge in [0.2, 0.25) is 0 Å². The van der Waals surface area contributed by atoms with Crippen LogP contribution in [0.15, 0.2) is 30.3 Å². The van der Waals surface area contributed by atoms with Crippen molar-refractivity contribution >= 4 is 0 Å². The molecule has 2 rings (SSSR count). The highest BCUT2D eigenvalue weighted by atomic mass is 19.1. The highest BCUT2D eigenvalue weighted by Crippen LogP contribution is 2.29. The Morgan fingerprint density at radius 3 is 2.24 bits per heavy atom. The van der Waals surface area contributed by atoms with Crippen molar-refractivity contribution in [3.63, 3.8) is 0 Å². The van der Waals surface area contributed by atoms with Crippen LogP contribution in [-0.2, 0) is 6.54 Å². The molecule has 0 spiro atoms. The SMILES string of the molecule is CCCNCc1ccc(-c2c(C)cc(F)cc2C)cc1F. The summed E-state index contributed by atoms with van der Waals surface area (Å²) in [6, 6.07) is 8.21. The second-order valence-electron chi connectivity index (χ2n) is 5.40. The van der Waals surface area contributed by atoms with Gasteiger partial charge < -0.3 is 5.32 Å². The molecule has 3 heteroatoms. The Bertz CT molecular complexity index is 612. The molecule has 0 saturated heterocycles. The smallest absolute Gasteiger partial charge is 0.128 e. The molecule has 0 aliphatic heterocycles. The van der Waals surface area contributed by atoms with Crippen LogP contribution in [0.25, 0.3) is 11.1 Å². The molecule has 21 heavy (non-hydrogen) atoms. The minimum absolute atomic E-state index is 0.223. The van der Waals surface area contributed by atoms with Gasteiger partial charge >= 0.3 is 0 Å². The summed E-state index contributed by atoms with van der Waals surface area (Å²) in [5.74, 6) is -0.478. The zero-order valence-corrected chi connectivity index (χ0v) is 12.8. The van der Waals surface area contributed by atoms with Crippen LogP contribution in [0.3, 0.4) is 0 Å². The molecule has 1 nitrogen and oxygen atoms in total. The Kier molecular flexibility index (Phi) is 5.07. The number of hydrogen-bond donors (Lipinski definition) is 1. The van der Waals surface area contributed by atoms with Crippen molar-refractivity contribution in [2.24, 2.45) is 0 Å². The van der Waals surface area contributed by atoms with Crippen LogP contribution in [-0.4, -0.2) is 6.54 Å². The topological polar surface area (TPSA) is 12.0 Å². The van der Waals surface area contributed by atoms with Gasteiger partial charge in [-0.1, -0.05) is 19.1 Å². The molecule has 2 aromatic rings. The van der Waals surface area contributed by atoms with E-state index in [1.54, 1.807) is 6.07 Å². The lowest BCUT2D eigenvalue weighted by atomic mass is 9.94. The largest absolute Gasteiger partial charge is 0.313 e. The van der Waals surface area contributed by atoms with Crippen molar-refractivity contribution in [2.45, 2.75) is 33.7 Å². The van der Waals surface area contributed by atoms with Gasteiger partial charge in [-0.2, -0.15) is 0 Å². The van der Waals surface area contributed by atoms with E-state index in [-0.39, 0.29) is 11.6 Å². The normalized spacial score (nSPS) is 10.9. The number of halogens is 2. The lowest BCUT2D eigenvalue weighted by Crippen LogP contribution is -2.14. The summed E-state index contributed by atoms with van der Waals surface area (Å²) in [4.78, 5) is 0. The van der Waals surface area contributed by atoms with E-state index in [1.807, 2.05) is 19.9 Å². The van der Waals surface area contributed by atoms with Gasteiger partial charge in [0.15, 0.2) is 0 Å². The Hall–Kier alpha value is -1.74. The van der Waals surface area contributed by atoms with E-state index in [9.17, 15) is 8.78 Å². The molecule has 0 heterocycles. The van der Waals surface area contributed by atoms with E-state index < -0.39 is 0 Å². The molecule has 0 fully saturated rings. The Balaban J connectivity index is 2.32. The fourth-order valence-electron chi connectivity index (χ4n) is 2.61. The molecule has 0 atom stereocenters. The molecular weight excluding hydrogens is 268 g/mol. The summed E-state index contributed by atoms with van der Waals surface area (Å²) >= 11 is 0. The maximum Gasteiger partial charge on any atom is 0.128 e. The number of aryl methyl sites for hydroxylation is 2. The number of benzene rings is 2. The van der Waals surface area contributed by atoms with Crippen LogP contribution in [0.5, 0.6) is 0 Å². The molecule has 112 valence electrons. The predicted molar refractivity (Wildman–Crippen MR) is 83.3 cm³/mol. The second-order valence-corrected chi connectivity index (χ2v) is 5.40. The van der Waals surface area contributed by atoms with Gasteiger partial charge in [-0.05, 0) is 67.3 Å². The zero-order valence-electron chi connectivity index (χ0n) is 12.8. The van der Waals surface area contributed by atoms with E-state index >= 15 is 0 Å². The first-order valence-corrected chi connectivity index (χ1v) is 7.29. The van der Waals surface area contributed by atoms with Gasteiger partial charge in [0.05, 0.1) is 0 Å². The summed E-state index contributed by atoms with van der Waals surface area (Å²) in [6.07, 6.45) is 1.02. The van der Waals surface area contributed by atoms with Crippen LogP contribution in [0.1, 0.15) is 30.0 Å². The van der Waals surface area contributed by atoms with Crippen LogP contribution in [0.4, 0.5) is 8.78 Å². The first kappa shape index (κ1) is 15.6. The summed E-state index contributed by atoms with van der Waals surface area (Å²) in [7, 11) is 0. The first-order valence-electron chi connectivity index (χ1n) is 7.29. The number of nitrogens with one attached hydrogen (secondary N) is 1. The minimum atomic E-state index is -0.255. The Morgan fingerprint density at radius 1 is 1.00 bits per heavy atom. The van der Waals surface area contributed by atoms with Crippen molar-refractivity contribution in [3.05, 3.63) is 58.7 Å². The van der Waals surface area contributed by atoms with Crippen LogP contribution in [0, 0.1) is 25.5 Å². The monoisotopic (exact) mass is 289 g/mol. The highest BCUT2D eigenvalue weighted by molar-refractivity contribution is 5.71. The summed E-state index contributed by atoms with van der Waals surface area (Å²) < 4.78 is 27.5. The third kappa shape index (κ3) is 3.67. The van der Waals surface area contributed by atoms with Crippen molar-refractivity contribution in [2.75, 3.05) is 6.54 Å². The molecule has 0 amide bonds. The summed E-state index contributed by atoms with van der Waals surface area (Å²) in [5, 5.41) is 3.19. The summed E-state index contributed by atoms with van der Waals surface area (Å²) in [6.45, 7) is 7.17. The van der Waals surface area contributed by atoms with Gasteiger partial charge in [-0.15, -0.1) is 0 Å². The van der Waals surface area contributed by atoms with Gasteiger partial charge in [-0.3, -0.25) is 0 Å². The minimum Gasteiger partial charge on any atom is -0.313 e. The van der Waals surface area contributed by atoms with Crippen LogP contribution >= 0.6 is 0 Å². The fourth-order valence-corrected chi connectivity index (χ4v) is 2.61. The third-order valence-corrected chi connectivity index (χ3v) is 3.58. The van der Waals surface area contributed by atoms with Crippen molar-refractivity contribution < 1.29 is 8.78 Å². The van der Waals surface area contributed by atoms with Crippen molar-refractivity contribution in [1.82, 2.24) is 5.32 Å². The molecule has 1 N–H and O–H groups in total. The number of rotatable bonds is 5. The molecule has 0 bridgehead atoms. The van der Waals surface area contributed by atoms with Gasteiger partial charge in [0.25, 0.3) is 0 Å². The van der Waals surface area contributed by atoms with Gasteiger partial charge in [0, 0.05) is 12.1 Å². The molecule has 2 aromatic carbocycles. The van der Waals surface area contributed by atoms with Crippen molar-refractivity contribution in [1.29, 1.82) is 0 Å². The predicted octanol–water partition coefficient (Wildman–Crippen LogP) is 4.75. The molecule has 0 saturated carbocycles. The van der Waals surface area contributed by atoms with Gasteiger partial charge in [-0.25, -0.2) is 8.78 Å². The fraction of sp³-hybridized carbons (Fsp3) is 0.333. The Morgan fingerprint density at radius 2 is 1.67 bits per heavy atom. The average Bonchev–Trinajstić information content (AvgIpc) is 2.40. The maximum absolute atomic E-state index is 14.2. The standard InChI is InChI=1S/C18H21F2N/c1-4-7-21-11-15-6-5-14(10-17(15)20)18-12(2)8-16(19)9-13(18)3/h5-6,8-10,21H,4,7,11H2,1-3H3. The maximum atomic E-state index is 14.2. The first-order chi connectivity index (χ1) is 10.0. The number of hydrogen-bond acceptors (Lipinski definition) is 1. The van der Waals surface area contributed by atoms with E-state index in [1.165, 1.54) is 18.2 Å². The highest BCUT2D eigenvalue weighted by Gasteiger charge is 2.10.